The highest BCUT2D eigenvalue weighted by Crippen LogP contribution is 2.76. The zero-order chi connectivity index (χ0) is 11.6. The van der Waals surface area contributed by atoms with Crippen LogP contribution in [0.25, 0.3) is 0 Å². The van der Waals surface area contributed by atoms with Crippen molar-refractivity contribution < 1.29 is 14.7 Å². The lowest BCUT2D eigenvalue weighted by molar-refractivity contribution is -0.154. The van der Waals surface area contributed by atoms with Crippen LogP contribution in [0.15, 0.2) is 0 Å². The van der Waals surface area contributed by atoms with E-state index in [2.05, 4.69) is 5.32 Å². The van der Waals surface area contributed by atoms with Gasteiger partial charge in [-0.3, -0.25) is 9.59 Å². The van der Waals surface area contributed by atoms with Gasteiger partial charge in [-0.25, -0.2) is 0 Å². The minimum atomic E-state index is -0.639. The molecule has 0 spiro atoms. The predicted octanol–water partition coefficient (Wildman–Crippen LogP) is 1.01. The molecule has 4 rings (SSSR count). The van der Waals surface area contributed by atoms with Crippen LogP contribution >= 0.6 is 0 Å². The Balaban J connectivity index is 1.90. The highest BCUT2D eigenvalue weighted by molar-refractivity contribution is 5.79. The number of nitrogens with one attached hydrogen (secondary N) is 1. The number of hydrogen-bond donors (Lipinski definition) is 2. The van der Waals surface area contributed by atoms with Crippen LogP contribution < -0.4 is 5.32 Å². The first-order valence-corrected chi connectivity index (χ1v) is 5.97. The Morgan fingerprint density at radius 3 is 2.25 bits per heavy atom. The Bertz CT molecular complexity index is 362. The first-order valence-electron chi connectivity index (χ1n) is 5.97. The van der Waals surface area contributed by atoms with Crippen molar-refractivity contribution in [1.29, 1.82) is 0 Å². The normalized spacial score (nSPS) is 47.6. The van der Waals surface area contributed by atoms with Crippen LogP contribution in [0.5, 0.6) is 0 Å². The topological polar surface area (TPSA) is 66.4 Å². The molecular weight excluding hydrogens is 206 g/mol. The summed E-state index contributed by atoms with van der Waals surface area (Å²) in [7, 11) is 0. The van der Waals surface area contributed by atoms with E-state index < -0.39 is 11.4 Å². The minimum absolute atomic E-state index is 0.0533. The molecule has 0 heterocycles. The largest absolute Gasteiger partial charge is 0.481 e. The third-order valence-corrected chi connectivity index (χ3v) is 5.29. The van der Waals surface area contributed by atoms with Crippen LogP contribution in [0.4, 0.5) is 0 Å². The van der Waals surface area contributed by atoms with Crippen LogP contribution in [0, 0.1) is 22.7 Å². The second-order valence-corrected chi connectivity index (χ2v) is 5.91. The fourth-order valence-electron chi connectivity index (χ4n) is 4.71. The highest BCUT2D eigenvalue weighted by atomic mass is 16.4. The van der Waals surface area contributed by atoms with Crippen LogP contribution in [0.3, 0.4) is 0 Å². The van der Waals surface area contributed by atoms with Gasteiger partial charge in [-0.1, -0.05) is 0 Å². The first-order chi connectivity index (χ1) is 7.49. The first kappa shape index (κ1) is 10.1. The molecule has 0 aromatic rings. The molecule has 1 amide bonds. The molecule has 0 radical (unpaired) electrons. The molecule has 88 valence electrons. The fraction of sp³-hybridized carbons (Fsp3) is 0.833. The molecule has 4 heteroatoms. The Morgan fingerprint density at radius 2 is 1.81 bits per heavy atom. The lowest BCUT2D eigenvalue weighted by atomic mass is 9.68. The van der Waals surface area contributed by atoms with Crippen molar-refractivity contribution in [2.75, 3.05) is 6.54 Å². The van der Waals surface area contributed by atoms with Gasteiger partial charge in [-0.05, 0) is 37.5 Å². The number of hydrogen-bond acceptors (Lipinski definition) is 2. The van der Waals surface area contributed by atoms with E-state index in [1.54, 1.807) is 0 Å². The molecule has 2 unspecified atom stereocenters. The predicted molar refractivity (Wildman–Crippen MR) is 56.6 cm³/mol. The average Bonchev–Trinajstić information content (AvgIpc) is 2.83. The Morgan fingerprint density at radius 1 is 1.25 bits per heavy atom. The Hall–Kier alpha value is -1.06. The summed E-state index contributed by atoms with van der Waals surface area (Å²) in [6.45, 7) is 2.05. The van der Waals surface area contributed by atoms with Gasteiger partial charge in [0.05, 0.1) is 5.41 Å². The van der Waals surface area contributed by atoms with Crippen LogP contribution in [0.2, 0.25) is 0 Å². The van der Waals surface area contributed by atoms with Crippen LogP contribution in [-0.2, 0) is 9.59 Å². The zero-order valence-electron chi connectivity index (χ0n) is 9.45. The molecule has 4 bridgehead atoms. The molecule has 16 heavy (non-hydrogen) atoms. The molecule has 4 saturated carbocycles. The van der Waals surface area contributed by atoms with Gasteiger partial charge in [0.1, 0.15) is 0 Å². The number of carboxylic acid groups (broad SMARTS) is 1. The molecule has 2 atom stereocenters. The van der Waals surface area contributed by atoms with Gasteiger partial charge in [0.15, 0.2) is 0 Å². The van der Waals surface area contributed by atoms with Crippen molar-refractivity contribution >= 4 is 11.9 Å². The van der Waals surface area contributed by atoms with Crippen molar-refractivity contribution in [3.63, 3.8) is 0 Å². The number of carboxylic acids is 1. The monoisotopic (exact) mass is 223 g/mol. The third-order valence-electron chi connectivity index (χ3n) is 5.29. The summed E-state index contributed by atoms with van der Waals surface area (Å²) >= 11 is 0. The summed E-state index contributed by atoms with van der Waals surface area (Å²) in [6, 6.07) is 0. The lowest BCUT2D eigenvalue weighted by Crippen LogP contribution is -2.46. The van der Waals surface area contributed by atoms with E-state index >= 15 is 0 Å². The van der Waals surface area contributed by atoms with E-state index in [1.165, 1.54) is 6.92 Å². The maximum Gasteiger partial charge on any atom is 0.310 e. The summed E-state index contributed by atoms with van der Waals surface area (Å²) in [4.78, 5) is 22.6. The van der Waals surface area contributed by atoms with Gasteiger partial charge in [0.25, 0.3) is 0 Å². The van der Waals surface area contributed by atoms with Gasteiger partial charge in [0.2, 0.25) is 5.91 Å². The molecule has 0 aromatic carbocycles. The second-order valence-electron chi connectivity index (χ2n) is 5.91. The van der Waals surface area contributed by atoms with Gasteiger partial charge >= 0.3 is 5.97 Å². The van der Waals surface area contributed by atoms with Crippen LogP contribution in [-0.4, -0.2) is 23.5 Å². The van der Waals surface area contributed by atoms with E-state index in [0.717, 1.165) is 25.7 Å². The third kappa shape index (κ3) is 0.955. The molecule has 4 nitrogen and oxygen atoms in total. The number of rotatable bonds is 3. The van der Waals surface area contributed by atoms with E-state index in [-0.39, 0.29) is 11.3 Å². The zero-order valence-corrected chi connectivity index (χ0v) is 9.45. The molecular formula is C12H17NO3. The summed E-state index contributed by atoms with van der Waals surface area (Å²) in [5.74, 6) is 0.512. The van der Waals surface area contributed by atoms with E-state index in [4.69, 9.17) is 0 Å². The maximum atomic E-state index is 11.6. The van der Waals surface area contributed by atoms with Crippen LogP contribution in [0.1, 0.15) is 32.6 Å². The quantitative estimate of drug-likeness (QED) is 0.750. The average molecular weight is 223 g/mol. The smallest absolute Gasteiger partial charge is 0.310 e. The molecule has 0 aliphatic heterocycles. The van der Waals surface area contributed by atoms with E-state index in [1.807, 2.05) is 0 Å². The molecule has 4 aliphatic carbocycles. The van der Waals surface area contributed by atoms with Gasteiger partial charge in [-0.2, -0.15) is 0 Å². The lowest BCUT2D eigenvalue weighted by Gasteiger charge is -2.37. The minimum Gasteiger partial charge on any atom is -0.481 e. The Labute approximate surface area is 94.4 Å². The number of amides is 1. The number of aliphatic carboxylic acids is 1. The molecule has 2 N–H and O–H groups in total. The van der Waals surface area contributed by atoms with Gasteiger partial charge < -0.3 is 10.4 Å². The van der Waals surface area contributed by atoms with Crippen molar-refractivity contribution in [3.05, 3.63) is 0 Å². The Kier molecular flexibility index (Phi) is 1.76. The van der Waals surface area contributed by atoms with Crippen molar-refractivity contribution in [3.8, 4) is 0 Å². The summed E-state index contributed by atoms with van der Waals surface area (Å²) < 4.78 is 0. The molecule has 4 aliphatic rings. The second kappa shape index (κ2) is 2.79. The SMILES string of the molecule is CC(=O)NCC12CC3CC1(C(=O)O)CC3C2. The number of carbonyl (C=O) groups is 2. The fourth-order valence-corrected chi connectivity index (χ4v) is 4.71. The standard InChI is InChI=1S/C12H17NO3/c1-7(14)13-6-11-2-8-4-12(11,10(15)16)5-9(8)3-11/h8-9H,2-6H2,1H3,(H,13,14)(H,15,16). The number of carbonyl (C=O) groups excluding carboxylic acids is 1. The summed E-state index contributed by atoms with van der Waals surface area (Å²) in [5, 5.41) is 12.3. The van der Waals surface area contributed by atoms with Crippen molar-refractivity contribution in [1.82, 2.24) is 5.32 Å². The maximum absolute atomic E-state index is 11.6. The summed E-state index contributed by atoms with van der Waals surface area (Å²) in [5.41, 5.74) is -0.662. The molecule has 4 fully saturated rings. The molecule has 0 aromatic heterocycles. The van der Waals surface area contributed by atoms with Gasteiger partial charge in [0, 0.05) is 18.9 Å². The highest BCUT2D eigenvalue weighted by Gasteiger charge is 2.74. The summed E-state index contributed by atoms with van der Waals surface area (Å²) in [6.07, 6.45) is 3.69. The molecule has 0 saturated heterocycles. The van der Waals surface area contributed by atoms with E-state index in [9.17, 15) is 14.7 Å². The van der Waals surface area contributed by atoms with Crippen molar-refractivity contribution in [2.45, 2.75) is 32.6 Å². The van der Waals surface area contributed by atoms with E-state index in [0.29, 0.717) is 18.4 Å². The van der Waals surface area contributed by atoms with Crippen molar-refractivity contribution in [2.24, 2.45) is 22.7 Å². The van der Waals surface area contributed by atoms with Gasteiger partial charge in [-0.15, -0.1) is 0 Å².